The SMILES string of the molecule is CC1(C)CNCC1c1ccn[nH]1.Cl.Cl. The highest BCUT2D eigenvalue weighted by atomic mass is 35.5. The molecule has 3 nitrogen and oxygen atoms in total. The first-order valence-electron chi connectivity index (χ1n) is 4.40. The number of H-pyrrole nitrogens is 1. The highest BCUT2D eigenvalue weighted by Crippen LogP contribution is 2.36. The first kappa shape index (κ1) is 13.8. The molecule has 1 aromatic heterocycles. The van der Waals surface area contributed by atoms with E-state index in [0.717, 1.165) is 13.1 Å². The third-order valence-corrected chi connectivity index (χ3v) is 2.77. The first-order chi connectivity index (χ1) is 5.70. The summed E-state index contributed by atoms with van der Waals surface area (Å²) in [6, 6.07) is 2.07. The van der Waals surface area contributed by atoms with E-state index in [1.165, 1.54) is 5.69 Å². The summed E-state index contributed by atoms with van der Waals surface area (Å²) < 4.78 is 0. The Morgan fingerprint density at radius 2 is 2.14 bits per heavy atom. The predicted octanol–water partition coefficient (Wildman–Crippen LogP) is 1.97. The Morgan fingerprint density at radius 3 is 2.57 bits per heavy atom. The number of rotatable bonds is 1. The van der Waals surface area contributed by atoms with E-state index in [0.29, 0.717) is 11.3 Å². The van der Waals surface area contributed by atoms with Crippen LogP contribution in [0.2, 0.25) is 0 Å². The largest absolute Gasteiger partial charge is 0.315 e. The van der Waals surface area contributed by atoms with Crippen molar-refractivity contribution in [2.75, 3.05) is 13.1 Å². The number of halogens is 2. The van der Waals surface area contributed by atoms with Gasteiger partial charge >= 0.3 is 0 Å². The van der Waals surface area contributed by atoms with Crippen LogP contribution in [0.4, 0.5) is 0 Å². The molecule has 5 heteroatoms. The number of hydrogen-bond donors (Lipinski definition) is 2. The molecule has 82 valence electrons. The van der Waals surface area contributed by atoms with Gasteiger partial charge in [-0.15, -0.1) is 24.8 Å². The van der Waals surface area contributed by atoms with Crippen LogP contribution in [0.25, 0.3) is 0 Å². The maximum atomic E-state index is 3.98. The van der Waals surface area contributed by atoms with E-state index in [2.05, 4.69) is 35.4 Å². The van der Waals surface area contributed by atoms with Crippen LogP contribution < -0.4 is 5.32 Å². The molecule has 0 bridgehead atoms. The van der Waals surface area contributed by atoms with Gasteiger partial charge in [0.05, 0.1) is 0 Å². The number of aromatic nitrogens is 2. The lowest BCUT2D eigenvalue weighted by Crippen LogP contribution is -2.20. The van der Waals surface area contributed by atoms with E-state index >= 15 is 0 Å². The fourth-order valence-electron chi connectivity index (χ4n) is 1.93. The fraction of sp³-hybridized carbons (Fsp3) is 0.667. The second-order valence-electron chi connectivity index (χ2n) is 4.18. The standard InChI is InChI=1S/C9H15N3.2ClH/c1-9(2)6-10-5-7(9)8-3-4-11-12-8;;/h3-4,7,10H,5-6H2,1-2H3,(H,11,12);2*1H. The molecular weight excluding hydrogens is 221 g/mol. The van der Waals surface area contributed by atoms with Crippen molar-refractivity contribution in [1.82, 2.24) is 15.5 Å². The maximum Gasteiger partial charge on any atom is 0.0490 e. The van der Waals surface area contributed by atoms with Crippen molar-refractivity contribution in [3.8, 4) is 0 Å². The summed E-state index contributed by atoms with van der Waals surface area (Å²) in [7, 11) is 0. The minimum Gasteiger partial charge on any atom is -0.315 e. The van der Waals surface area contributed by atoms with Crippen LogP contribution in [-0.2, 0) is 0 Å². The van der Waals surface area contributed by atoms with Crippen molar-refractivity contribution in [3.05, 3.63) is 18.0 Å². The van der Waals surface area contributed by atoms with Crippen LogP contribution in [0.3, 0.4) is 0 Å². The number of aromatic amines is 1. The van der Waals surface area contributed by atoms with Crippen LogP contribution in [0.5, 0.6) is 0 Å². The Balaban J connectivity index is 0.000000845. The molecule has 2 heterocycles. The van der Waals surface area contributed by atoms with E-state index < -0.39 is 0 Å². The van der Waals surface area contributed by atoms with Crippen molar-refractivity contribution in [1.29, 1.82) is 0 Å². The van der Waals surface area contributed by atoms with Crippen LogP contribution >= 0.6 is 24.8 Å². The zero-order chi connectivity index (χ0) is 8.60. The van der Waals surface area contributed by atoms with Gasteiger partial charge in [-0.05, 0) is 11.5 Å². The Labute approximate surface area is 96.9 Å². The van der Waals surface area contributed by atoms with Crippen molar-refractivity contribution >= 4 is 24.8 Å². The summed E-state index contributed by atoms with van der Waals surface area (Å²) in [6.07, 6.45) is 1.82. The molecule has 1 unspecified atom stereocenters. The molecule has 0 aliphatic carbocycles. The van der Waals surface area contributed by atoms with Crippen molar-refractivity contribution in [3.63, 3.8) is 0 Å². The van der Waals surface area contributed by atoms with Gasteiger partial charge in [-0.2, -0.15) is 5.10 Å². The molecular formula is C9H17Cl2N3. The zero-order valence-electron chi connectivity index (χ0n) is 8.41. The van der Waals surface area contributed by atoms with Crippen LogP contribution in [0, 0.1) is 5.41 Å². The third-order valence-electron chi connectivity index (χ3n) is 2.77. The van der Waals surface area contributed by atoms with Crippen LogP contribution in [-0.4, -0.2) is 23.3 Å². The molecule has 2 N–H and O–H groups in total. The molecule has 0 amide bonds. The molecule has 14 heavy (non-hydrogen) atoms. The van der Waals surface area contributed by atoms with Crippen molar-refractivity contribution in [2.24, 2.45) is 5.41 Å². The Morgan fingerprint density at radius 1 is 1.43 bits per heavy atom. The molecule has 2 rings (SSSR count). The number of nitrogens with zero attached hydrogens (tertiary/aromatic N) is 1. The highest BCUT2D eigenvalue weighted by Gasteiger charge is 2.35. The maximum absolute atomic E-state index is 3.98. The molecule has 0 radical (unpaired) electrons. The highest BCUT2D eigenvalue weighted by molar-refractivity contribution is 5.85. The van der Waals surface area contributed by atoms with Gasteiger partial charge in [-0.1, -0.05) is 13.8 Å². The van der Waals surface area contributed by atoms with Crippen molar-refractivity contribution < 1.29 is 0 Å². The van der Waals surface area contributed by atoms with Gasteiger partial charge in [0.2, 0.25) is 0 Å². The predicted molar refractivity (Wildman–Crippen MR) is 62.5 cm³/mol. The molecule has 0 aromatic carbocycles. The fourth-order valence-corrected chi connectivity index (χ4v) is 1.93. The molecule has 1 saturated heterocycles. The first-order valence-corrected chi connectivity index (χ1v) is 4.40. The lowest BCUT2D eigenvalue weighted by Gasteiger charge is -2.24. The van der Waals surface area contributed by atoms with Gasteiger partial charge in [0.15, 0.2) is 0 Å². The Kier molecular flexibility index (Phi) is 4.92. The molecule has 0 saturated carbocycles. The average molecular weight is 238 g/mol. The lowest BCUT2D eigenvalue weighted by molar-refractivity contribution is 0.357. The van der Waals surface area contributed by atoms with E-state index in [1.807, 2.05) is 6.20 Å². The summed E-state index contributed by atoms with van der Waals surface area (Å²) in [5.74, 6) is 0.583. The molecule has 1 fully saturated rings. The van der Waals surface area contributed by atoms with Crippen LogP contribution in [0.1, 0.15) is 25.5 Å². The molecule has 1 aliphatic heterocycles. The smallest absolute Gasteiger partial charge is 0.0490 e. The topological polar surface area (TPSA) is 40.7 Å². The van der Waals surface area contributed by atoms with E-state index in [4.69, 9.17) is 0 Å². The summed E-state index contributed by atoms with van der Waals surface area (Å²) in [5.41, 5.74) is 1.61. The van der Waals surface area contributed by atoms with Gasteiger partial charge in [0, 0.05) is 30.9 Å². The minimum absolute atomic E-state index is 0. The van der Waals surface area contributed by atoms with Gasteiger partial charge < -0.3 is 5.32 Å². The lowest BCUT2D eigenvalue weighted by atomic mass is 9.80. The zero-order valence-corrected chi connectivity index (χ0v) is 10.0. The number of hydrogen-bond acceptors (Lipinski definition) is 2. The van der Waals surface area contributed by atoms with Gasteiger partial charge in [-0.25, -0.2) is 0 Å². The summed E-state index contributed by atoms with van der Waals surface area (Å²) >= 11 is 0. The Bertz CT molecular complexity index is 259. The summed E-state index contributed by atoms with van der Waals surface area (Å²) in [5, 5.41) is 10.4. The molecule has 1 aromatic rings. The molecule has 1 atom stereocenters. The summed E-state index contributed by atoms with van der Waals surface area (Å²) in [4.78, 5) is 0. The molecule has 0 spiro atoms. The Hall–Kier alpha value is -0.250. The van der Waals surface area contributed by atoms with Gasteiger partial charge in [0.25, 0.3) is 0 Å². The van der Waals surface area contributed by atoms with Gasteiger partial charge in [-0.3, -0.25) is 5.10 Å². The monoisotopic (exact) mass is 237 g/mol. The van der Waals surface area contributed by atoms with Gasteiger partial charge in [0.1, 0.15) is 0 Å². The van der Waals surface area contributed by atoms with E-state index in [-0.39, 0.29) is 24.8 Å². The second kappa shape index (κ2) is 5.01. The van der Waals surface area contributed by atoms with E-state index in [9.17, 15) is 0 Å². The summed E-state index contributed by atoms with van der Waals surface area (Å²) in [6.45, 7) is 6.74. The average Bonchev–Trinajstić information content (AvgIpc) is 2.55. The van der Waals surface area contributed by atoms with Crippen LogP contribution in [0.15, 0.2) is 12.3 Å². The quantitative estimate of drug-likeness (QED) is 0.785. The normalized spacial score (nSPS) is 23.7. The number of nitrogens with one attached hydrogen (secondary N) is 2. The van der Waals surface area contributed by atoms with Crippen molar-refractivity contribution in [2.45, 2.75) is 19.8 Å². The minimum atomic E-state index is 0. The third kappa shape index (κ3) is 2.41. The molecule has 1 aliphatic rings. The second-order valence-corrected chi connectivity index (χ2v) is 4.18. The van der Waals surface area contributed by atoms with E-state index in [1.54, 1.807) is 0 Å².